The fourth-order valence-electron chi connectivity index (χ4n) is 2.14. The van der Waals surface area contributed by atoms with Crippen LogP contribution < -0.4 is 9.64 Å². The molecule has 0 bridgehead atoms. The first-order valence-corrected chi connectivity index (χ1v) is 6.74. The van der Waals surface area contributed by atoms with Crippen molar-refractivity contribution in [2.75, 3.05) is 18.6 Å². The summed E-state index contributed by atoms with van der Waals surface area (Å²) in [6.45, 7) is 0.562. The van der Waals surface area contributed by atoms with Crippen LogP contribution in [0.4, 0.5) is 5.13 Å². The van der Waals surface area contributed by atoms with E-state index in [0.717, 1.165) is 16.0 Å². The second-order valence-corrected chi connectivity index (χ2v) is 5.41. The van der Waals surface area contributed by atoms with E-state index in [4.69, 9.17) is 11.2 Å². The molecule has 0 radical (unpaired) electrons. The highest BCUT2D eigenvalue weighted by atomic mass is 32.1. The lowest BCUT2D eigenvalue weighted by atomic mass is 10.1. The van der Waals surface area contributed by atoms with Gasteiger partial charge in [0.25, 0.3) is 0 Å². The number of fused-ring (bicyclic) bond motifs is 1. The minimum atomic E-state index is -0.00551. The Balaban J connectivity index is 1.98. The zero-order valence-corrected chi connectivity index (χ0v) is 11.2. The standard InChI is InChI=1S/C14H12N2O2S/c1-3-9-6-13(17)16(8-9)14-15-11-7-10(18-2)4-5-12(11)19-14/h1,4-5,7,9H,6,8H2,2H3. The molecule has 0 N–H and O–H groups in total. The number of methoxy groups -OCH3 is 1. The predicted molar refractivity (Wildman–Crippen MR) is 75.5 cm³/mol. The highest BCUT2D eigenvalue weighted by Crippen LogP contribution is 2.33. The van der Waals surface area contributed by atoms with E-state index in [1.165, 1.54) is 11.3 Å². The van der Waals surface area contributed by atoms with Crippen molar-refractivity contribution in [2.45, 2.75) is 6.42 Å². The number of ether oxygens (including phenoxy) is 1. The number of benzene rings is 1. The van der Waals surface area contributed by atoms with Gasteiger partial charge in [-0.05, 0) is 12.1 Å². The second kappa shape index (κ2) is 4.56. The van der Waals surface area contributed by atoms with Gasteiger partial charge in [-0.15, -0.1) is 12.3 Å². The Labute approximate surface area is 115 Å². The Kier molecular flexibility index (Phi) is 2.88. The van der Waals surface area contributed by atoms with Gasteiger partial charge in [-0.2, -0.15) is 0 Å². The maximum Gasteiger partial charge on any atom is 0.230 e. The maximum absolute atomic E-state index is 11.9. The Hall–Kier alpha value is -2.06. The number of rotatable bonds is 2. The predicted octanol–water partition coefficient (Wildman–Crippen LogP) is 2.29. The number of anilines is 1. The molecule has 96 valence electrons. The molecular weight excluding hydrogens is 260 g/mol. The van der Waals surface area contributed by atoms with E-state index in [9.17, 15) is 4.79 Å². The van der Waals surface area contributed by atoms with E-state index < -0.39 is 0 Å². The van der Waals surface area contributed by atoms with E-state index in [2.05, 4.69) is 10.9 Å². The lowest BCUT2D eigenvalue weighted by Gasteiger charge is -2.10. The Morgan fingerprint density at radius 2 is 2.42 bits per heavy atom. The van der Waals surface area contributed by atoms with Gasteiger partial charge in [0.1, 0.15) is 5.75 Å². The molecule has 1 atom stereocenters. The lowest BCUT2D eigenvalue weighted by molar-refractivity contribution is -0.117. The van der Waals surface area contributed by atoms with Crippen molar-refractivity contribution >= 4 is 32.6 Å². The molecule has 1 aromatic carbocycles. The Morgan fingerprint density at radius 1 is 1.58 bits per heavy atom. The van der Waals surface area contributed by atoms with Crippen LogP contribution in [-0.4, -0.2) is 24.5 Å². The van der Waals surface area contributed by atoms with Crippen LogP contribution in [0.3, 0.4) is 0 Å². The second-order valence-electron chi connectivity index (χ2n) is 4.40. The van der Waals surface area contributed by atoms with Gasteiger partial charge in [0, 0.05) is 24.9 Å². The number of hydrogen-bond acceptors (Lipinski definition) is 4. The van der Waals surface area contributed by atoms with E-state index in [0.29, 0.717) is 18.1 Å². The normalized spacial score (nSPS) is 18.8. The van der Waals surface area contributed by atoms with Crippen molar-refractivity contribution in [1.29, 1.82) is 0 Å². The average molecular weight is 272 g/mol. The van der Waals surface area contributed by atoms with Gasteiger partial charge >= 0.3 is 0 Å². The van der Waals surface area contributed by atoms with Crippen LogP contribution in [0, 0.1) is 18.3 Å². The van der Waals surface area contributed by atoms with Gasteiger partial charge in [0.2, 0.25) is 5.91 Å². The first-order chi connectivity index (χ1) is 9.21. The molecule has 2 aromatic rings. The number of hydrogen-bond donors (Lipinski definition) is 0. The summed E-state index contributed by atoms with van der Waals surface area (Å²) in [7, 11) is 1.62. The highest BCUT2D eigenvalue weighted by molar-refractivity contribution is 7.22. The summed E-state index contributed by atoms with van der Waals surface area (Å²) in [5.74, 6) is 3.45. The fraction of sp³-hybridized carbons (Fsp3) is 0.286. The van der Waals surface area contributed by atoms with Crippen molar-refractivity contribution in [3.8, 4) is 18.1 Å². The average Bonchev–Trinajstić information content (AvgIpc) is 3.00. The summed E-state index contributed by atoms with van der Waals surface area (Å²) in [5, 5.41) is 0.714. The number of aromatic nitrogens is 1. The van der Waals surface area contributed by atoms with Crippen LogP contribution in [0.1, 0.15) is 6.42 Å². The summed E-state index contributed by atoms with van der Waals surface area (Å²) < 4.78 is 6.21. The van der Waals surface area contributed by atoms with Gasteiger partial charge in [0.15, 0.2) is 5.13 Å². The molecule has 0 spiro atoms. The lowest BCUT2D eigenvalue weighted by Crippen LogP contribution is -2.24. The van der Waals surface area contributed by atoms with Gasteiger partial charge in [-0.1, -0.05) is 11.3 Å². The summed E-state index contributed by atoms with van der Waals surface area (Å²) in [6, 6.07) is 5.71. The van der Waals surface area contributed by atoms with Crippen LogP contribution in [0.5, 0.6) is 5.75 Å². The summed E-state index contributed by atoms with van der Waals surface area (Å²) in [4.78, 5) is 18.1. The van der Waals surface area contributed by atoms with Crippen molar-refractivity contribution in [2.24, 2.45) is 5.92 Å². The zero-order chi connectivity index (χ0) is 13.4. The quantitative estimate of drug-likeness (QED) is 0.788. The van der Waals surface area contributed by atoms with E-state index in [1.807, 2.05) is 18.2 Å². The van der Waals surface area contributed by atoms with Crippen LogP contribution >= 0.6 is 11.3 Å². The number of nitrogens with zero attached hydrogens (tertiary/aromatic N) is 2. The minimum absolute atomic E-state index is 0.00551. The van der Waals surface area contributed by atoms with Crippen molar-refractivity contribution in [3.05, 3.63) is 18.2 Å². The molecule has 19 heavy (non-hydrogen) atoms. The number of thiazole rings is 1. The minimum Gasteiger partial charge on any atom is -0.497 e. The van der Waals surface area contributed by atoms with Crippen LogP contribution in [0.15, 0.2) is 18.2 Å². The molecule has 0 saturated carbocycles. The molecule has 1 aromatic heterocycles. The summed E-state index contributed by atoms with van der Waals surface area (Å²) >= 11 is 1.50. The molecule has 1 amide bonds. The molecule has 1 saturated heterocycles. The summed E-state index contributed by atoms with van der Waals surface area (Å²) in [5.41, 5.74) is 0.844. The van der Waals surface area contributed by atoms with Crippen LogP contribution in [-0.2, 0) is 4.79 Å². The summed E-state index contributed by atoms with van der Waals surface area (Å²) in [6.07, 6.45) is 5.80. The number of amides is 1. The van der Waals surface area contributed by atoms with Crippen LogP contribution in [0.25, 0.3) is 10.2 Å². The van der Waals surface area contributed by atoms with E-state index >= 15 is 0 Å². The van der Waals surface area contributed by atoms with Gasteiger partial charge in [0.05, 0.1) is 17.3 Å². The SMILES string of the molecule is C#CC1CC(=O)N(c2nc3cc(OC)ccc3s2)C1. The van der Waals surface area contributed by atoms with Gasteiger partial charge < -0.3 is 4.74 Å². The maximum atomic E-state index is 11.9. The largest absolute Gasteiger partial charge is 0.497 e. The monoisotopic (exact) mass is 272 g/mol. The third-order valence-corrected chi connectivity index (χ3v) is 4.23. The molecule has 0 aliphatic carbocycles. The van der Waals surface area contributed by atoms with Gasteiger partial charge in [-0.25, -0.2) is 4.98 Å². The van der Waals surface area contributed by atoms with Gasteiger partial charge in [-0.3, -0.25) is 9.69 Å². The highest BCUT2D eigenvalue weighted by Gasteiger charge is 2.31. The Morgan fingerprint density at radius 3 is 3.11 bits per heavy atom. The molecule has 1 unspecified atom stereocenters. The molecule has 2 heterocycles. The molecule has 4 nitrogen and oxygen atoms in total. The van der Waals surface area contributed by atoms with E-state index in [1.54, 1.807) is 12.0 Å². The Bertz CT molecular complexity index is 686. The third-order valence-electron chi connectivity index (χ3n) is 3.18. The molecule has 1 fully saturated rings. The first kappa shape index (κ1) is 12.0. The van der Waals surface area contributed by atoms with Crippen molar-refractivity contribution in [3.63, 3.8) is 0 Å². The fourth-order valence-corrected chi connectivity index (χ4v) is 3.11. The molecular formula is C14H12N2O2S. The topological polar surface area (TPSA) is 42.4 Å². The zero-order valence-electron chi connectivity index (χ0n) is 10.4. The third kappa shape index (κ3) is 2.04. The first-order valence-electron chi connectivity index (χ1n) is 5.92. The van der Waals surface area contributed by atoms with Crippen LogP contribution in [0.2, 0.25) is 0 Å². The number of carbonyl (C=O) groups excluding carboxylic acids is 1. The molecule has 1 aliphatic heterocycles. The van der Waals surface area contributed by atoms with Crippen molar-refractivity contribution < 1.29 is 9.53 Å². The smallest absolute Gasteiger partial charge is 0.230 e. The molecule has 1 aliphatic rings. The number of carbonyl (C=O) groups is 1. The van der Waals surface area contributed by atoms with Crippen molar-refractivity contribution in [1.82, 2.24) is 4.98 Å². The number of terminal acetylenes is 1. The van der Waals surface area contributed by atoms with E-state index in [-0.39, 0.29) is 11.8 Å². The molecule has 3 rings (SSSR count). The molecule has 5 heteroatoms.